The van der Waals surface area contributed by atoms with E-state index in [0.717, 1.165) is 15.8 Å². The zero-order valence-corrected chi connectivity index (χ0v) is 13.9. The Kier molecular flexibility index (Phi) is 4.21. The molecule has 0 aliphatic carbocycles. The second kappa shape index (κ2) is 5.93. The molecule has 3 nitrogen and oxygen atoms in total. The van der Waals surface area contributed by atoms with Crippen molar-refractivity contribution < 1.29 is 9.47 Å². The number of hydrogen-bond donors (Lipinski definition) is 1. The molecule has 0 fully saturated rings. The Hall–Kier alpha value is -0.750. The molecule has 1 aliphatic heterocycles. The molecule has 1 N–H and O–H groups in total. The number of hydrogen-bond acceptors (Lipinski definition) is 4. The van der Waals surface area contributed by atoms with Crippen LogP contribution in [-0.2, 0) is 0 Å². The summed E-state index contributed by atoms with van der Waals surface area (Å²) in [7, 11) is 1.92. The minimum Gasteiger partial charge on any atom is -0.486 e. The van der Waals surface area contributed by atoms with E-state index in [1.54, 1.807) is 11.3 Å². The van der Waals surface area contributed by atoms with Gasteiger partial charge in [0.05, 0.1) is 6.04 Å². The molecular formula is C14H13BrClNO2S. The molecule has 6 heteroatoms. The molecule has 1 aliphatic rings. The van der Waals surface area contributed by atoms with Crippen molar-refractivity contribution in [3.05, 3.63) is 43.5 Å². The maximum Gasteiger partial charge on any atom is 0.162 e. The number of thiophene rings is 1. The molecule has 0 radical (unpaired) electrons. The van der Waals surface area contributed by atoms with E-state index in [1.165, 1.54) is 4.88 Å². The number of fused-ring (bicyclic) bond motifs is 1. The van der Waals surface area contributed by atoms with Crippen LogP contribution in [0, 0.1) is 0 Å². The summed E-state index contributed by atoms with van der Waals surface area (Å²) in [5.74, 6) is 1.47. The first kappa shape index (κ1) is 14.2. The highest BCUT2D eigenvalue weighted by atomic mass is 79.9. The molecule has 1 aromatic carbocycles. The second-order valence-corrected chi connectivity index (χ2v) is 6.58. The Labute approximate surface area is 135 Å². The predicted molar refractivity (Wildman–Crippen MR) is 85.4 cm³/mol. The van der Waals surface area contributed by atoms with Crippen LogP contribution < -0.4 is 14.8 Å². The van der Waals surface area contributed by atoms with Gasteiger partial charge in [0.15, 0.2) is 11.5 Å². The van der Waals surface area contributed by atoms with Gasteiger partial charge in [-0.25, -0.2) is 0 Å². The maximum atomic E-state index is 6.42. The van der Waals surface area contributed by atoms with E-state index in [0.29, 0.717) is 24.0 Å². The van der Waals surface area contributed by atoms with Crippen molar-refractivity contribution in [1.29, 1.82) is 0 Å². The van der Waals surface area contributed by atoms with Gasteiger partial charge in [-0.15, -0.1) is 11.3 Å². The van der Waals surface area contributed by atoms with Crippen molar-refractivity contribution in [3.63, 3.8) is 0 Å². The summed E-state index contributed by atoms with van der Waals surface area (Å²) in [4.78, 5) is 1.19. The van der Waals surface area contributed by atoms with Crippen molar-refractivity contribution in [2.24, 2.45) is 0 Å². The molecule has 1 aromatic heterocycles. The molecule has 1 unspecified atom stereocenters. The van der Waals surface area contributed by atoms with Crippen molar-refractivity contribution in [1.82, 2.24) is 5.32 Å². The van der Waals surface area contributed by atoms with E-state index in [1.807, 2.05) is 25.2 Å². The number of ether oxygens (including phenoxy) is 2. The molecule has 3 rings (SSSR count). The van der Waals surface area contributed by atoms with Crippen molar-refractivity contribution >= 4 is 38.9 Å². The van der Waals surface area contributed by atoms with Gasteiger partial charge in [0.2, 0.25) is 0 Å². The first-order chi connectivity index (χ1) is 9.70. The Bertz CT molecular complexity index is 632. The van der Waals surface area contributed by atoms with Crippen LogP contribution in [0.15, 0.2) is 28.1 Å². The average Bonchev–Trinajstić information content (AvgIpc) is 2.87. The van der Waals surface area contributed by atoms with Crippen LogP contribution >= 0.6 is 38.9 Å². The van der Waals surface area contributed by atoms with Crippen LogP contribution in [0.25, 0.3) is 0 Å². The molecule has 20 heavy (non-hydrogen) atoms. The quantitative estimate of drug-likeness (QED) is 0.871. The van der Waals surface area contributed by atoms with Gasteiger partial charge in [-0.2, -0.15) is 0 Å². The van der Waals surface area contributed by atoms with Gasteiger partial charge in [0.1, 0.15) is 13.2 Å². The van der Waals surface area contributed by atoms with Crippen LogP contribution in [0.2, 0.25) is 5.02 Å². The zero-order chi connectivity index (χ0) is 14.1. The molecule has 0 spiro atoms. The third kappa shape index (κ3) is 2.55. The first-order valence-electron chi connectivity index (χ1n) is 6.20. The largest absolute Gasteiger partial charge is 0.486 e. The molecule has 2 aromatic rings. The Morgan fingerprint density at radius 2 is 2.00 bits per heavy atom. The summed E-state index contributed by atoms with van der Waals surface area (Å²) in [6, 6.07) is 5.85. The minimum absolute atomic E-state index is 0.0210. The lowest BCUT2D eigenvalue weighted by atomic mass is 10.0. The van der Waals surface area contributed by atoms with E-state index in [9.17, 15) is 0 Å². The monoisotopic (exact) mass is 373 g/mol. The van der Waals surface area contributed by atoms with Gasteiger partial charge in [-0.1, -0.05) is 11.6 Å². The fraction of sp³-hybridized carbons (Fsp3) is 0.286. The molecule has 106 valence electrons. The summed E-state index contributed by atoms with van der Waals surface area (Å²) in [5, 5.41) is 6.03. The Morgan fingerprint density at radius 3 is 2.60 bits per heavy atom. The number of halogens is 2. The highest BCUT2D eigenvalue weighted by Crippen LogP contribution is 2.41. The fourth-order valence-electron chi connectivity index (χ4n) is 2.24. The van der Waals surface area contributed by atoms with Gasteiger partial charge < -0.3 is 14.8 Å². The lowest BCUT2D eigenvalue weighted by Crippen LogP contribution is -2.19. The normalized spacial score (nSPS) is 15.2. The van der Waals surface area contributed by atoms with Crippen molar-refractivity contribution in [2.75, 3.05) is 20.3 Å². The predicted octanol–water partition coefficient (Wildman–Crippen LogP) is 4.24. The van der Waals surface area contributed by atoms with Crippen molar-refractivity contribution in [2.45, 2.75) is 6.04 Å². The fourth-order valence-corrected chi connectivity index (χ4v) is 4.23. The van der Waals surface area contributed by atoms with Crippen LogP contribution in [-0.4, -0.2) is 20.3 Å². The van der Waals surface area contributed by atoms with Crippen LogP contribution in [0.4, 0.5) is 0 Å². The Morgan fingerprint density at radius 1 is 1.30 bits per heavy atom. The van der Waals surface area contributed by atoms with E-state index < -0.39 is 0 Å². The molecule has 0 saturated heterocycles. The average molecular weight is 375 g/mol. The molecule has 0 saturated carbocycles. The van der Waals surface area contributed by atoms with E-state index in [-0.39, 0.29) is 6.04 Å². The first-order valence-corrected chi connectivity index (χ1v) is 8.25. The summed E-state index contributed by atoms with van der Waals surface area (Å²) in [6.45, 7) is 1.13. The molecule has 2 heterocycles. The van der Waals surface area contributed by atoms with Crippen LogP contribution in [0.5, 0.6) is 11.5 Å². The highest BCUT2D eigenvalue weighted by molar-refractivity contribution is 9.10. The second-order valence-electron chi connectivity index (χ2n) is 4.37. The standard InChI is InChI=1S/C14H13BrClNO2S/c1-17-13(14-9(15)2-5-20-14)8-6-11-12(7-10(8)16)19-4-3-18-11/h2,5-7,13,17H,3-4H2,1H3. The molecule has 1 atom stereocenters. The minimum atomic E-state index is 0.0210. The van der Waals surface area contributed by atoms with Crippen molar-refractivity contribution in [3.8, 4) is 11.5 Å². The van der Waals surface area contributed by atoms with Crippen LogP contribution in [0.3, 0.4) is 0 Å². The Balaban J connectivity index is 2.06. The summed E-state index contributed by atoms with van der Waals surface area (Å²) in [5.41, 5.74) is 0.988. The summed E-state index contributed by atoms with van der Waals surface area (Å²) >= 11 is 11.7. The zero-order valence-electron chi connectivity index (χ0n) is 10.8. The molecular weight excluding hydrogens is 362 g/mol. The number of benzene rings is 1. The van der Waals surface area contributed by atoms with Gasteiger partial charge in [-0.3, -0.25) is 0 Å². The number of rotatable bonds is 3. The maximum absolute atomic E-state index is 6.42. The third-order valence-corrected chi connectivity index (χ3v) is 5.43. The van der Waals surface area contributed by atoms with Gasteiger partial charge in [0.25, 0.3) is 0 Å². The lowest BCUT2D eigenvalue weighted by molar-refractivity contribution is 0.171. The summed E-state index contributed by atoms with van der Waals surface area (Å²) < 4.78 is 12.3. The van der Waals surface area contributed by atoms with E-state index in [2.05, 4.69) is 26.6 Å². The number of nitrogens with one attached hydrogen (secondary N) is 1. The van der Waals surface area contributed by atoms with E-state index >= 15 is 0 Å². The molecule has 0 bridgehead atoms. The van der Waals surface area contributed by atoms with Gasteiger partial charge in [0, 0.05) is 20.4 Å². The van der Waals surface area contributed by atoms with Gasteiger partial charge in [-0.05, 0) is 46.1 Å². The topological polar surface area (TPSA) is 30.5 Å². The summed E-state index contributed by atoms with van der Waals surface area (Å²) in [6.07, 6.45) is 0. The van der Waals surface area contributed by atoms with Gasteiger partial charge >= 0.3 is 0 Å². The smallest absolute Gasteiger partial charge is 0.162 e. The third-order valence-electron chi connectivity index (χ3n) is 3.17. The van der Waals surface area contributed by atoms with E-state index in [4.69, 9.17) is 21.1 Å². The molecule has 0 amide bonds. The highest BCUT2D eigenvalue weighted by Gasteiger charge is 2.23. The lowest BCUT2D eigenvalue weighted by Gasteiger charge is -2.23. The van der Waals surface area contributed by atoms with Crippen LogP contribution in [0.1, 0.15) is 16.5 Å². The SMILES string of the molecule is CNC(c1cc2c(cc1Cl)OCCO2)c1sccc1Br.